The van der Waals surface area contributed by atoms with Crippen molar-refractivity contribution < 1.29 is 19.6 Å². The van der Waals surface area contributed by atoms with Crippen LogP contribution >= 0.6 is 0 Å². The Hall–Kier alpha value is -0.745. The number of alkyl carbamates (subject to hydrolysis) is 1. The quantitative estimate of drug-likeness (QED) is 0.615. The summed E-state index contributed by atoms with van der Waals surface area (Å²) in [6.07, 6.45) is 0.667. The zero-order valence-electron chi connectivity index (χ0n) is 10.3. The summed E-state index contributed by atoms with van der Waals surface area (Å²) < 4.78 is 5.10. The van der Waals surface area contributed by atoms with Gasteiger partial charge in [0.15, 0.2) is 0 Å². The van der Waals surface area contributed by atoms with E-state index in [1.165, 1.54) is 0 Å². The SMILES string of the molecule is CC(C)(C)OC(=O)NC1CC(C)(B(O)O)C1. The van der Waals surface area contributed by atoms with Crippen molar-refractivity contribution in [2.24, 2.45) is 0 Å². The van der Waals surface area contributed by atoms with Gasteiger partial charge in [-0.2, -0.15) is 0 Å². The molecular weight excluding hydrogens is 209 g/mol. The number of nitrogens with one attached hydrogen (secondary N) is 1. The van der Waals surface area contributed by atoms with E-state index < -0.39 is 24.1 Å². The summed E-state index contributed by atoms with van der Waals surface area (Å²) in [7, 11) is -1.33. The predicted molar refractivity (Wildman–Crippen MR) is 61.0 cm³/mol. The molecule has 0 spiro atoms. The van der Waals surface area contributed by atoms with Crippen LogP contribution in [0.25, 0.3) is 0 Å². The van der Waals surface area contributed by atoms with E-state index in [-0.39, 0.29) is 6.04 Å². The van der Waals surface area contributed by atoms with Crippen molar-refractivity contribution >= 4 is 13.2 Å². The average molecular weight is 229 g/mol. The minimum absolute atomic E-state index is 0.0263. The molecule has 0 atom stereocenters. The highest BCUT2D eigenvalue weighted by Crippen LogP contribution is 2.48. The molecule has 16 heavy (non-hydrogen) atoms. The second-order valence-electron chi connectivity index (χ2n) is 5.78. The topological polar surface area (TPSA) is 78.8 Å². The Kier molecular flexibility index (Phi) is 3.54. The normalized spacial score (nSPS) is 29.2. The van der Waals surface area contributed by atoms with Crippen LogP contribution in [-0.4, -0.2) is 34.9 Å². The largest absolute Gasteiger partial charge is 0.457 e. The minimum atomic E-state index is -1.33. The molecule has 1 amide bonds. The smallest absolute Gasteiger partial charge is 0.444 e. The van der Waals surface area contributed by atoms with E-state index in [1.54, 1.807) is 27.7 Å². The summed E-state index contributed by atoms with van der Waals surface area (Å²) in [5.74, 6) is 0. The summed E-state index contributed by atoms with van der Waals surface area (Å²) in [6, 6.07) is -0.0263. The van der Waals surface area contributed by atoms with Crippen molar-refractivity contribution in [1.29, 1.82) is 0 Å². The van der Waals surface area contributed by atoms with E-state index in [9.17, 15) is 4.79 Å². The molecule has 1 fully saturated rings. The van der Waals surface area contributed by atoms with Crippen molar-refractivity contribution in [3.05, 3.63) is 0 Å². The molecule has 6 heteroatoms. The second-order valence-corrected chi connectivity index (χ2v) is 5.78. The molecule has 0 aliphatic heterocycles. The Labute approximate surface area is 96.3 Å². The molecule has 0 unspecified atom stereocenters. The lowest BCUT2D eigenvalue weighted by Crippen LogP contribution is -2.52. The van der Waals surface area contributed by atoms with E-state index in [0.717, 1.165) is 0 Å². The minimum Gasteiger partial charge on any atom is -0.444 e. The predicted octanol–water partition coefficient (Wildman–Crippen LogP) is 0.907. The van der Waals surface area contributed by atoms with Crippen LogP contribution in [-0.2, 0) is 4.74 Å². The average Bonchev–Trinajstić information content (AvgIpc) is 1.96. The number of hydrogen-bond acceptors (Lipinski definition) is 4. The highest BCUT2D eigenvalue weighted by Gasteiger charge is 2.49. The van der Waals surface area contributed by atoms with Crippen molar-refractivity contribution in [2.45, 2.75) is 57.5 Å². The lowest BCUT2D eigenvalue weighted by molar-refractivity contribution is 0.0452. The lowest BCUT2D eigenvalue weighted by Gasteiger charge is -2.44. The van der Waals surface area contributed by atoms with Gasteiger partial charge < -0.3 is 20.1 Å². The molecule has 92 valence electrons. The van der Waals surface area contributed by atoms with Crippen LogP contribution in [0.15, 0.2) is 0 Å². The third-order valence-electron chi connectivity index (χ3n) is 2.77. The maximum atomic E-state index is 11.4. The van der Waals surface area contributed by atoms with Gasteiger partial charge in [0.25, 0.3) is 0 Å². The van der Waals surface area contributed by atoms with Gasteiger partial charge in [-0.25, -0.2) is 4.79 Å². The molecule has 0 radical (unpaired) electrons. The van der Waals surface area contributed by atoms with Crippen LogP contribution < -0.4 is 5.32 Å². The maximum absolute atomic E-state index is 11.4. The Bertz CT molecular complexity index is 268. The number of carbonyl (C=O) groups excluding carboxylic acids is 1. The van der Waals surface area contributed by atoms with E-state index in [1.807, 2.05) is 0 Å². The summed E-state index contributed by atoms with van der Waals surface area (Å²) >= 11 is 0. The fraction of sp³-hybridized carbons (Fsp3) is 0.900. The van der Waals surface area contributed by atoms with E-state index >= 15 is 0 Å². The van der Waals surface area contributed by atoms with Crippen LogP contribution in [0.3, 0.4) is 0 Å². The third-order valence-corrected chi connectivity index (χ3v) is 2.77. The van der Waals surface area contributed by atoms with Crippen molar-refractivity contribution in [1.82, 2.24) is 5.32 Å². The molecule has 1 aliphatic rings. The van der Waals surface area contributed by atoms with Gasteiger partial charge in [0.2, 0.25) is 0 Å². The maximum Gasteiger partial charge on any atom is 0.457 e. The van der Waals surface area contributed by atoms with E-state index in [0.29, 0.717) is 12.8 Å². The first-order valence-electron chi connectivity index (χ1n) is 5.48. The summed E-state index contributed by atoms with van der Waals surface area (Å²) in [6.45, 7) is 7.18. The Morgan fingerprint density at radius 3 is 2.31 bits per heavy atom. The first-order chi connectivity index (χ1) is 7.12. The Morgan fingerprint density at radius 1 is 1.44 bits per heavy atom. The molecule has 1 saturated carbocycles. The Morgan fingerprint density at radius 2 is 1.94 bits per heavy atom. The lowest BCUT2D eigenvalue weighted by atomic mass is 9.47. The zero-order valence-corrected chi connectivity index (χ0v) is 10.3. The summed E-state index contributed by atoms with van der Waals surface area (Å²) in [5, 5.41) is 20.4. The molecule has 0 aromatic rings. The van der Waals surface area contributed by atoms with Gasteiger partial charge in [-0.05, 0) is 33.6 Å². The van der Waals surface area contributed by atoms with E-state index in [4.69, 9.17) is 14.8 Å². The highest BCUT2D eigenvalue weighted by atomic mass is 16.6. The highest BCUT2D eigenvalue weighted by molar-refractivity contribution is 6.45. The second kappa shape index (κ2) is 4.26. The first-order valence-corrected chi connectivity index (χ1v) is 5.48. The monoisotopic (exact) mass is 229 g/mol. The van der Waals surface area contributed by atoms with Gasteiger partial charge in [0, 0.05) is 11.4 Å². The Balaban J connectivity index is 2.30. The number of amides is 1. The zero-order chi connectivity index (χ0) is 12.6. The van der Waals surface area contributed by atoms with Gasteiger partial charge >= 0.3 is 13.2 Å². The van der Waals surface area contributed by atoms with Crippen molar-refractivity contribution in [2.75, 3.05) is 0 Å². The van der Waals surface area contributed by atoms with Crippen LogP contribution in [0.1, 0.15) is 40.5 Å². The van der Waals surface area contributed by atoms with Crippen molar-refractivity contribution in [3.8, 4) is 0 Å². The molecule has 3 N–H and O–H groups in total. The molecule has 0 heterocycles. The molecule has 0 bridgehead atoms. The van der Waals surface area contributed by atoms with Crippen LogP contribution in [0.5, 0.6) is 0 Å². The third kappa shape index (κ3) is 3.38. The summed E-state index contributed by atoms with van der Waals surface area (Å²) in [4.78, 5) is 11.4. The van der Waals surface area contributed by atoms with E-state index in [2.05, 4.69) is 5.32 Å². The number of hydrogen-bond donors (Lipinski definition) is 3. The van der Waals surface area contributed by atoms with Gasteiger partial charge in [-0.1, -0.05) is 6.92 Å². The fourth-order valence-electron chi connectivity index (χ4n) is 1.85. The van der Waals surface area contributed by atoms with Gasteiger partial charge in [-0.15, -0.1) is 0 Å². The van der Waals surface area contributed by atoms with Gasteiger partial charge in [0.05, 0.1) is 0 Å². The van der Waals surface area contributed by atoms with Crippen LogP contribution in [0.2, 0.25) is 5.31 Å². The molecule has 1 aliphatic carbocycles. The standard InChI is InChI=1S/C10H20BNO4/c1-9(2,3)16-8(13)12-7-5-10(4,6-7)11(14)15/h7,14-15H,5-6H2,1-4H3,(H,12,13). The van der Waals surface area contributed by atoms with Gasteiger partial charge in [0.1, 0.15) is 5.60 Å². The first kappa shape index (κ1) is 13.3. The van der Waals surface area contributed by atoms with Crippen LogP contribution in [0, 0.1) is 0 Å². The van der Waals surface area contributed by atoms with Crippen molar-refractivity contribution in [3.63, 3.8) is 0 Å². The molecule has 0 saturated heterocycles. The summed E-state index contributed by atoms with van der Waals surface area (Å²) in [5.41, 5.74) is -0.506. The number of rotatable bonds is 2. The fourth-order valence-corrected chi connectivity index (χ4v) is 1.85. The number of carbonyl (C=O) groups is 1. The molecule has 0 aromatic carbocycles. The molecule has 1 rings (SSSR count). The van der Waals surface area contributed by atoms with Crippen LogP contribution in [0.4, 0.5) is 4.79 Å². The number of ether oxygens (including phenoxy) is 1. The molecule has 0 aromatic heterocycles. The molecular formula is C10H20BNO4. The van der Waals surface area contributed by atoms with Gasteiger partial charge in [-0.3, -0.25) is 0 Å². The molecule has 5 nitrogen and oxygen atoms in total.